The van der Waals surface area contributed by atoms with E-state index in [4.69, 9.17) is 4.74 Å². The minimum absolute atomic E-state index is 0.0306. The molecule has 0 spiro atoms. The Balaban J connectivity index is 1.62. The number of rotatable bonds is 6. The quantitative estimate of drug-likeness (QED) is 0.785. The number of hydrogen-bond donors (Lipinski definition) is 0. The van der Waals surface area contributed by atoms with Crippen molar-refractivity contribution in [2.75, 3.05) is 32.1 Å². The van der Waals surface area contributed by atoms with E-state index in [1.807, 2.05) is 31.3 Å². The average molecular weight is 352 g/mol. The second-order valence-electron chi connectivity index (χ2n) is 7.01. The Kier molecular flexibility index (Phi) is 6.29. The molecule has 0 aromatic heterocycles. The number of anilines is 1. The molecule has 1 heterocycles. The third-order valence-electron chi connectivity index (χ3n) is 4.91. The molecule has 4 heteroatoms. The van der Waals surface area contributed by atoms with E-state index < -0.39 is 0 Å². The molecule has 1 aliphatic rings. The fourth-order valence-electron chi connectivity index (χ4n) is 3.49. The summed E-state index contributed by atoms with van der Waals surface area (Å²) in [6, 6.07) is 16.3. The highest BCUT2D eigenvalue weighted by Crippen LogP contribution is 2.21. The Labute approximate surface area is 156 Å². The topological polar surface area (TPSA) is 32.8 Å². The molecule has 0 unspecified atom stereocenters. The number of carbonyl (C=O) groups excluding carboxylic acids is 1. The first-order valence-electron chi connectivity index (χ1n) is 9.34. The van der Waals surface area contributed by atoms with Crippen LogP contribution in [-0.2, 0) is 17.9 Å². The monoisotopic (exact) mass is 352 g/mol. The minimum Gasteiger partial charge on any atom is -0.380 e. The highest BCUT2D eigenvalue weighted by Gasteiger charge is 2.14. The van der Waals surface area contributed by atoms with Crippen LogP contribution in [-0.4, -0.2) is 38.1 Å². The summed E-state index contributed by atoms with van der Waals surface area (Å²) in [6.45, 7) is 3.42. The Morgan fingerprint density at radius 2 is 1.77 bits per heavy atom. The highest BCUT2D eigenvalue weighted by atomic mass is 16.5. The molecule has 0 N–H and O–H groups in total. The summed E-state index contributed by atoms with van der Waals surface area (Å²) >= 11 is 0. The smallest absolute Gasteiger partial charge is 0.253 e. The van der Waals surface area contributed by atoms with Crippen molar-refractivity contribution in [1.29, 1.82) is 0 Å². The van der Waals surface area contributed by atoms with E-state index >= 15 is 0 Å². The van der Waals surface area contributed by atoms with E-state index in [-0.39, 0.29) is 5.91 Å². The maximum Gasteiger partial charge on any atom is 0.253 e. The number of amides is 1. The molecule has 2 aromatic rings. The van der Waals surface area contributed by atoms with Crippen LogP contribution in [0.2, 0.25) is 0 Å². The highest BCUT2D eigenvalue weighted by molar-refractivity contribution is 5.94. The second-order valence-corrected chi connectivity index (χ2v) is 7.01. The lowest BCUT2D eigenvalue weighted by atomic mass is 10.1. The van der Waals surface area contributed by atoms with Gasteiger partial charge in [0.1, 0.15) is 0 Å². The van der Waals surface area contributed by atoms with Gasteiger partial charge in [0, 0.05) is 45.0 Å². The molecule has 0 atom stereocenters. The zero-order valence-electron chi connectivity index (χ0n) is 15.8. The van der Waals surface area contributed by atoms with E-state index in [2.05, 4.69) is 29.2 Å². The third kappa shape index (κ3) is 4.64. The lowest BCUT2D eigenvalue weighted by Gasteiger charge is -2.29. The van der Waals surface area contributed by atoms with Crippen molar-refractivity contribution in [3.05, 3.63) is 65.2 Å². The van der Waals surface area contributed by atoms with Gasteiger partial charge in [0.05, 0.1) is 6.61 Å². The SMILES string of the molecule is COCc1cccc(C(=O)N(C)Cc2ccc(N3CCCCC3)cc2)c1. The first-order chi connectivity index (χ1) is 12.7. The van der Waals surface area contributed by atoms with E-state index in [9.17, 15) is 4.79 Å². The molecule has 2 aromatic carbocycles. The van der Waals surface area contributed by atoms with Crippen LogP contribution in [0.4, 0.5) is 5.69 Å². The minimum atomic E-state index is 0.0306. The van der Waals surface area contributed by atoms with Crippen molar-refractivity contribution in [3.8, 4) is 0 Å². The summed E-state index contributed by atoms with van der Waals surface area (Å²) in [5.74, 6) is 0.0306. The van der Waals surface area contributed by atoms with Crippen molar-refractivity contribution in [2.24, 2.45) is 0 Å². The predicted molar refractivity (Wildman–Crippen MR) is 105 cm³/mol. The van der Waals surface area contributed by atoms with Crippen LogP contribution in [0, 0.1) is 0 Å². The number of ether oxygens (including phenoxy) is 1. The summed E-state index contributed by atoms with van der Waals surface area (Å²) in [5.41, 5.74) is 4.15. The van der Waals surface area contributed by atoms with Crippen LogP contribution in [0.5, 0.6) is 0 Å². The van der Waals surface area contributed by atoms with Gasteiger partial charge in [-0.25, -0.2) is 0 Å². The number of hydrogen-bond acceptors (Lipinski definition) is 3. The normalized spacial score (nSPS) is 14.3. The van der Waals surface area contributed by atoms with Crippen LogP contribution in [0.15, 0.2) is 48.5 Å². The van der Waals surface area contributed by atoms with Crippen LogP contribution in [0.25, 0.3) is 0 Å². The predicted octanol–water partition coefficient (Wildman–Crippen LogP) is 4.10. The van der Waals surface area contributed by atoms with E-state index in [0.717, 1.165) is 24.2 Å². The van der Waals surface area contributed by atoms with E-state index in [1.54, 1.807) is 12.0 Å². The number of nitrogens with zero attached hydrogens (tertiary/aromatic N) is 2. The largest absolute Gasteiger partial charge is 0.380 e. The van der Waals surface area contributed by atoms with Crippen LogP contribution in [0.3, 0.4) is 0 Å². The molecule has 0 saturated carbocycles. The van der Waals surface area contributed by atoms with Gasteiger partial charge in [-0.15, -0.1) is 0 Å². The average Bonchev–Trinajstić information content (AvgIpc) is 2.69. The summed E-state index contributed by atoms with van der Waals surface area (Å²) in [5, 5.41) is 0. The molecule has 0 radical (unpaired) electrons. The molecule has 1 saturated heterocycles. The van der Waals surface area contributed by atoms with Gasteiger partial charge in [-0.05, 0) is 54.7 Å². The zero-order chi connectivity index (χ0) is 18.4. The number of piperidine rings is 1. The van der Waals surface area contributed by atoms with Gasteiger partial charge in [0.25, 0.3) is 5.91 Å². The van der Waals surface area contributed by atoms with Crippen molar-refractivity contribution in [1.82, 2.24) is 4.90 Å². The molecule has 0 aliphatic carbocycles. The molecular formula is C22H28N2O2. The van der Waals surface area contributed by atoms with Gasteiger partial charge in [-0.3, -0.25) is 4.79 Å². The molecule has 3 rings (SSSR count). The van der Waals surface area contributed by atoms with Gasteiger partial charge >= 0.3 is 0 Å². The van der Waals surface area contributed by atoms with Crippen molar-refractivity contribution < 1.29 is 9.53 Å². The lowest BCUT2D eigenvalue weighted by molar-refractivity contribution is 0.0784. The number of methoxy groups -OCH3 is 1. The summed E-state index contributed by atoms with van der Waals surface area (Å²) < 4.78 is 5.15. The van der Waals surface area contributed by atoms with Gasteiger partial charge in [-0.2, -0.15) is 0 Å². The van der Waals surface area contributed by atoms with Crippen molar-refractivity contribution in [2.45, 2.75) is 32.4 Å². The molecular weight excluding hydrogens is 324 g/mol. The molecule has 0 bridgehead atoms. The van der Waals surface area contributed by atoms with Crippen LogP contribution >= 0.6 is 0 Å². The molecule has 1 amide bonds. The number of benzene rings is 2. The summed E-state index contributed by atoms with van der Waals surface area (Å²) in [6.07, 6.45) is 3.90. The fraction of sp³-hybridized carbons (Fsp3) is 0.409. The van der Waals surface area contributed by atoms with Gasteiger partial charge in [0.2, 0.25) is 0 Å². The van der Waals surface area contributed by atoms with E-state index in [0.29, 0.717) is 18.7 Å². The van der Waals surface area contributed by atoms with Crippen LogP contribution in [0.1, 0.15) is 40.7 Å². The van der Waals surface area contributed by atoms with Gasteiger partial charge < -0.3 is 14.5 Å². The summed E-state index contributed by atoms with van der Waals surface area (Å²) in [4.78, 5) is 16.9. The standard InChI is InChI=1S/C22H28N2O2/c1-23(22(25)20-8-6-7-19(15-20)17-26-2)16-18-9-11-21(12-10-18)24-13-4-3-5-14-24/h6-12,15H,3-5,13-14,16-17H2,1-2H3. The summed E-state index contributed by atoms with van der Waals surface area (Å²) in [7, 11) is 3.51. The first-order valence-corrected chi connectivity index (χ1v) is 9.34. The lowest BCUT2D eigenvalue weighted by Crippen LogP contribution is -2.29. The Morgan fingerprint density at radius 1 is 1.04 bits per heavy atom. The van der Waals surface area contributed by atoms with E-state index in [1.165, 1.54) is 24.9 Å². The molecule has 1 aliphatic heterocycles. The Bertz CT molecular complexity index is 721. The number of carbonyl (C=O) groups is 1. The van der Waals surface area contributed by atoms with Gasteiger partial charge in [0.15, 0.2) is 0 Å². The second kappa shape index (κ2) is 8.86. The van der Waals surface area contributed by atoms with Crippen molar-refractivity contribution >= 4 is 11.6 Å². The van der Waals surface area contributed by atoms with Crippen molar-refractivity contribution in [3.63, 3.8) is 0 Å². The first kappa shape index (κ1) is 18.5. The molecule has 4 nitrogen and oxygen atoms in total. The van der Waals surface area contributed by atoms with Crippen LogP contribution < -0.4 is 4.90 Å². The Morgan fingerprint density at radius 3 is 2.46 bits per heavy atom. The molecule has 1 fully saturated rings. The molecule has 26 heavy (non-hydrogen) atoms. The zero-order valence-corrected chi connectivity index (χ0v) is 15.8. The third-order valence-corrected chi connectivity index (χ3v) is 4.91. The molecule has 138 valence electrons. The maximum absolute atomic E-state index is 12.7. The Hall–Kier alpha value is -2.33. The van der Waals surface area contributed by atoms with Gasteiger partial charge in [-0.1, -0.05) is 24.3 Å². The maximum atomic E-state index is 12.7. The fourth-order valence-corrected chi connectivity index (χ4v) is 3.49.